The fraction of sp³-hybridized carbons (Fsp3) is 0.118. The molecule has 0 aliphatic carbocycles. The minimum absolute atomic E-state index is 0.00218. The molecule has 0 heterocycles. The zero-order chi connectivity index (χ0) is 18.6. The van der Waals surface area contributed by atoms with E-state index in [0.717, 1.165) is 20.3 Å². The fourth-order valence-corrected chi connectivity index (χ4v) is 2.23. The highest BCUT2D eigenvalue weighted by Crippen LogP contribution is 2.23. The van der Waals surface area contributed by atoms with Gasteiger partial charge in [-0.2, -0.15) is 0 Å². The van der Waals surface area contributed by atoms with Gasteiger partial charge in [0.25, 0.3) is 5.69 Å². The van der Waals surface area contributed by atoms with Crippen molar-refractivity contribution in [3.05, 3.63) is 74.8 Å². The van der Waals surface area contributed by atoms with Crippen molar-refractivity contribution in [1.29, 1.82) is 0 Å². The van der Waals surface area contributed by atoms with Gasteiger partial charge in [-0.15, -0.1) is 0 Å². The molecule has 0 aliphatic rings. The molecule has 0 spiro atoms. The number of hydrogen-bond acceptors (Lipinski definition) is 7. The Kier molecular flexibility index (Phi) is 5.23. The van der Waals surface area contributed by atoms with Crippen LogP contribution < -0.4 is 0 Å². The van der Waals surface area contributed by atoms with Crippen LogP contribution in [-0.2, 0) is 9.47 Å². The molecular formula is C17H13NO7. The summed E-state index contributed by atoms with van der Waals surface area (Å²) in [5, 5.41) is 11.1. The number of methoxy groups -OCH3 is 2. The molecule has 128 valence electrons. The Morgan fingerprint density at radius 3 is 2.08 bits per heavy atom. The number of ketones is 1. The lowest BCUT2D eigenvalue weighted by Crippen LogP contribution is -2.14. The van der Waals surface area contributed by atoms with E-state index in [4.69, 9.17) is 0 Å². The SMILES string of the molecule is COC(=O)c1ccc(C(=O)c2ccccc2[N+](=O)[O-])cc1C(=O)OC. The molecule has 2 rings (SSSR count). The second kappa shape index (κ2) is 7.35. The molecule has 25 heavy (non-hydrogen) atoms. The van der Waals surface area contributed by atoms with Gasteiger partial charge in [-0.3, -0.25) is 14.9 Å². The molecular weight excluding hydrogens is 330 g/mol. The van der Waals surface area contributed by atoms with Crippen LogP contribution in [0, 0.1) is 10.1 Å². The smallest absolute Gasteiger partial charge is 0.338 e. The maximum Gasteiger partial charge on any atom is 0.338 e. The van der Waals surface area contributed by atoms with Crippen LogP contribution in [0.5, 0.6) is 0 Å². The van der Waals surface area contributed by atoms with E-state index in [1.807, 2.05) is 0 Å². The van der Waals surface area contributed by atoms with Gasteiger partial charge in [-0.1, -0.05) is 18.2 Å². The molecule has 0 saturated heterocycles. The number of rotatable bonds is 5. The summed E-state index contributed by atoms with van der Waals surface area (Å²) in [6, 6.07) is 9.12. The molecule has 8 heteroatoms. The Bertz CT molecular complexity index is 873. The molecule has 0 aromatic heterocycles. The van der Waals surface area contributed by atoms with Gasteiger partial charge in [0, 0.05) is 11.6 Å². The zero-order valence-electron chi connectivity index (χ0n) is 13.3. The van der Waals surface area contributed by atoms with Crippen molar-refractivity contribution in [3.8, 4) is 0 Å². The summed E-state index contributed by atoms with van der Waals surface area (Å²) >= 11 is 0. The van der Waals surface area contributed by atoms with Crippen LogP contribution in [0.25, 0.3) is 0 Å². The van der Waals surface area contributed by atoms with Crippen LogP contribution in [0.4, 0.5) is 5.69 Å². The van der Waals surface area contributed by atoms with Gasteiger partial charge in [0.05, 0.1) is 30.3 Å². The third kappa shape index (κ3) is 3.52. The van der Waals surface area contributed by atoms with E-state index in [9.17, 15) is 24.5 Å². The van der Waals surface area contributed by atoms with E-state index >= 15 is 0 Å². The van der Waals surface area contributed by atoms with Crippen molar-refractivity contribution < 1.29 is 28.8 Å². The maximum absolute atomic E-state index is 12.6. The summed E-state index contributed by atoms with van der Waals surface area (Å²) < 4.78 is 9.19. The first-order valence-electron chi connectivity index (χ1n) is 6.99. The molecule has 0 bridgehead atoms. The Morgan fingerprint density at radius 2 is 1.48 bits per heavy atom. The van der Waals surface area contributed by atoms with E-state index in [2.05, 4.69) is 9.47 Å². The summed E-state index contributed by atoms with van der Waals surface area (Å²) in [5.74, 6) is -2.27. The van der Waals surface area contributed by atoms with E-state index < -0.39 is 22.6 Å². The Morgan fingerprint density at radius 1 is 0.880 bits per heavy atom. The Balaban J connectivity index is 2.57. The summed E-state index contributed by atoms with van der Waals surface area (Å²) in [4.78, 5) is 46.7. The molecule has 0 fully saturated rings. The van der Waals surface area contributed by atoms with Crippen LogP contribution in [0.3, 0.4) is 0 Å². The lowest BCUT2D eigenvalue weighted by molar-refractivity contribution is -0.385. The molecule has 0 N–H and O–H groups in total. The van der Waals surface area contributed by atoms with Gasteiger partial charge in [0.1, 0.15) is 5.56 Å². The molecule has 2 aromatic carbocycles. The van der Waals surface area contributed by atoms with Crippen molar-refractivity contribution in [3.63, 3.8) is 0 Å². The van der Waals surface area contributed by atoms with Gasteiger partial charge in [-0.05, 0) is 18.2 Å². The number of hydrogen-bond donors (Lipinski definition) is 0. The van der Waals surface area contributed by atoms with Crippen LogP contribution in [0.2, 0.25) is 0 Å². The number of benzene rings is 2. The first-order chi connectivity index (χ1) is 11.9. The first-order valence-corrected chi connectivity index (χ1v) is 6.99. The van der Waals surface area contributed by atoms with Crippen LogP contribution in [0.15, 0.2) is 42.5 Å². The largest absolute Gasteiger partial charge is 0.465 e. The normalized spacial score (nSPS) is 10.0. The lowest BCUT2D eigenvalue weighted by atomic mass is 9.97. The molecule has 2 aromatic rings. The number of nitro groups is 1. The number of nitrogens with zero attached hydrogens (tertiary/aromatic N) is 1. The first kappa shape index (κ1) is 17.8. The highest BCUT2D eigenvalue weighted by atomic mass is 16.6. The Labute approximate surface area is 142 Å². The minimum Gasteiger partial charge on any atom is -0.465 e. The third-order valence-electron chi connectivity index (χ3n) is 3.44. The minimum atomic E-state index is -0.836. The number of esters is 2. The van der Waals surface area contributed by atoms with Crippen LogP contribution >= 0.6 is 0 Å². The molecule has 0 saturated carbocycles. The quantitative estimate of drug-likeness (QED) is 0.354. The molecule has 0 aliphatic heterocycles. The second-order valence-corrected chi connectivity index (χ2v) is 4.85. The molecule has 0 radical (unpaired) electrons. The van der Waals surface area contributed by atoms with Gasteiger partial charge in [-0.25, -0.2) is 9.59 Å². The van der Waals surface area contributed by atoms with E-state index in [1.54, 1.807) is 0 Å². The van der Waals surface area contributed by atoms with Crippen molar-refractivity contribution >= 4 is 23.4 Å². The maximum atomic E-state index is 12.6. The van der Waals surface area contributed by atoms with Gasteiger partial charge >= 0.3 is 11.9 Å². The monoisotopic (exact) mass is 343 g/mol. The standard InChI is InChI=1S/C17H13NO7/c1-24-16(20)11-8-7-10(9-13(11)17(21)25-2)15(19)12-5-3-4-6-14(12)18(22)23/h3-9H,1-2H3. The number of carbonyl (C=O) groups excluding carboxylic acids is 3. The summed E-state index contributed by atoms with van der Waals surface area (Å²) in [6.45, 7) is 0. The number of nitro benzene ring substituents is 1. The predicted octanol–water partition coefficient (Wildman–Crippen LogP) is 2.40. The number of carbonyl (C=O) groups is 3. The predicted molar refractivity (Wildman–Crippen MR) is 85.6 cm³/mol. The number of ether oxygens (including phenoxy) is 2. The van der Waals surface area contributed by atoms with Crippen molar-refractivity contribution in [2.24, 2.45) is 0 Å². The molecule has 0 unspecified atom stereocenters. The zero-order valence-corrected chi connectivity index (χ0v) is 13.3. The van der Waals surface area contributed by atoms with Crippen molar-refractivity contribution in [1.82, 2.24) is 0 Å². The summed E-state index contributed by atoms with van der Waals surface area (Å²) in [5.41, 5.74) is -0.729. The molecule has 8 nitrogen and oxygen atoms in total. The molecule has 0 amide bonds. The summed E-state index contributed by atoms with van der Waals surface area (Å²) in [7, 11) is 2.27. The van der Waals surface area contributed by atoms with Crippen molar-refractivity contribution in [2.75, 3.05) is 14.2 Å². The average molecular weight is 343 g/mol. The van der Waals surface area contributed by atoms with E-state index in [0.29, 0.717) is 0 Å². The Hall–Kier alpha value is -3.55. The van der Waals surface area contributed by atoms with E-state index in [-0.39, 0.29) is 27.9 Å². The van der Waals surface area contributed by atoms with Crippen LogP contribution in [-0.4, -0.2) is 36.9 Å². The van der Waals surface area contributed by atoms with Crippen LogP contribution in [0.1, 0.15) is 36.6 Å². The highest BCUT2D eigenvalue weighted by Gasteiger charge is 2.24. The van der Waals surface area contributed by atoms with Crippen molar-refractivity contribution in [2.45, 2.75) is 0 Å². The average Bonchev–Trinajstić information content (AvgIpc) is 2.65. The second-order valence-electron chi connectivity index (χ2n) is 4.85. The van der Waals surface area contributed by atoms with E-state index in [1.165, 1.54) is 36.4 Å². The van der Waals surface area contributed by atoms with Gasteiger partial charge in [0.2, 0.25) is 0 Å². The van der Waals surface area contributed by atoms with Gasteiger partial charge in [0.15, 0.2) is 5.78 Å². The third-order valence-corrected chi connectivity index (χ3v) is 3.44. The molecule has 0 atom stereocenters. The van der Waals surface area contributed by atoms with Gasteiger partial charge < -0.3 is 9.47 Å². The topological polar surface area (TPSA) is 113 Å². The number of para-hydroxylation sites is 1. The fourth-order valence-electron chi connectivity index (χ4n) is 2.23. The lowest BCUT2D eigenvalue weighted by Gasteiger charge is -2.09. The highest BCUT2D eigenvalue weighted by molar-refractivity contribution is 6.13. The summed E-state index contributed by atoms with van der Waals surface area (Å²) in [6.07, 6.45) is 0.